The van der Waals surface area contributed by atoms with Crippen molar-refractivity contribution in [3.05, 3.63) is 47.0 Å². The standard InChI is InChI=1S/C20H25ClN2O7S/c1-23(2)31(26,27)14-8-9-16(21)15(10-14)20(25)22-11-13(24)12-30-19-17(28-3)6-5-7-18(19)29-4/h5-10,13,24H,11-12H2,1-4H3,(H,22,25). The Bertz CT molecular complexity index is 1010. The molecule has 0 saturated carbocycles. The van der Waals surface area contributed by atoms with Gasteiger partial charge in [0.15, 0.2) is 11.5 Å². The summed E-state index contributed by atoms with van der Waals surface area (Å²) in [6, 6.07) is 8.94. The number of ether oxygens (including phenoxy) is 3. The number of carbonyl (C=O) groups excluding carboxylic acids is 1. The molecule has 0 radical (unpaired) electrons. The number of hydrogen-bond donors (Lipinski definition) is 2. The van der Waals surface area contributed by atoms with Gasteiger partial charge in [-0.1, -0.05) is 17.7 Å². The summed E-state index contributed by atoms with van der Waals surface area (Å²) in [5, 5.41) is 12.8. The molecule has 9 nitrogen and oxygen atoms in total. The maximum atomic E-state index is 12.5. The molecule has 0 aromatic heterocycles. The van der Waals surface area contributed by atoms with Crippen LogP contribution in [-0.4, -0.2) is 71.3 Å². The Balaban J connectivity index is 2.04. The summed E-state index contributed by atoms with van der Waals surface area (Å²) in [4.78, 5) is 12.4. The minimum Gasteiger partial charge on any atom is -0.493 e. The predicted molar refractivity (Wildman–Crippen MR) is 116 cm³/mol. The van der Waals surface area contributed by atoms with Gasteiger partial charge in [-0.2, -0.15) is 0 Å². The molecule has 170 valence electrons. The summed E-state index contributed by atoms with van der Waals surface area (Å²) in [6.07, 6.45) is -1.06. The average Bonchev–Trinajstić information content (AvgIpc) is 2.75. The quantitative estimate of drug-likeness (QED) is 0.541. The Hall–Kier alpha value is -2.53. The van der Waals surface area contributed by atoms with Crippen LogP contribution in [0.4, 0.5) is 0 Å². The number of methoxy groups -OCH3 is 2. The molecule has 0 aliphatic heterocycles. The van der Waals surface area contributed by atoms with E-state index in [0.717, 1.165) is 4.31 Å². The second-order valence-corrected chi connectivity index (χ2v) is 9.15. The molecule has 1 amide bonds. The van der Waals surface area contributed by atoms with Gasteiger partial charge in [0.1, 0.15) is 12.7 Å². The fraction of sp³-hybridized carbons (Fsp3) is 0.350. The van der Waals surface area contributed by atoms with E-state index < -0.39 is 22.0 Å². The zero-order chi connectivity index (χ0) is 23.2. The molecular formula is C20H25ClN2O7S. The van der Waals surface area contributed by atoms with Crippen molar-refractivity contribution in [2.24, 2.45) is 0 Å². The number of hydrogen-bond acceptors (Lipinski definition) is 7. The number of aliphatic hydroxyl groups excluding tert-OH is 1. The van der Waals surface area contributed by atoms with Crippen molar-refractivity contribution in [1.29, 1.82) is 0 Å². The van der Waals surface area contributed by atoms with Gasteiger partial charge in [-0.15, -0.1) is 0 Å². The number of aliphatic hydroxyl groups is 1. The van der Waals surface area contributed by atoms with E-state index in [4.69, 9.17) is 25.8 Å². The number of benzene rings is 2. The first kappa shape index (κ1) is 24.7. The number of sulfonamides is 1. The number of halogens is 1. The summed E-state index contributed by atoms with van der Waals surface area (Å²) in [7, 11) is 2.00. The van der Waals surface area contributed by atoms with Gasteiger partial charge in [0.05, 0.1) is 29.7 Å². The van der Waals surface area contributed by atoms with Crippen LogP contribution in [0, 0.1) is 0 Å². The lowest BCUT2D eigenvalue weighted by Crippen LogP contribution is -2.35. The van der Waals surface area contributed by atoms with E-state index in [1.165, 1.54) is 46.5 Å². The van der Waals surface area contributed by atoms with Crippen LogP contribution in [0.5, 0.6) is 17.2 Å². The van der Waals surface area contributed by atoms with Gasteiger partial charge >= 0.3 is 0 Å². The molecule has 2 aromatic carbocycles. The average molecular weight is 473 g/mol. The summed E-state index contributed by atoms with van der Waals surface area (Å²) in [6.45, 7) is -0.308. The molecule has 31 heavy (non-hydrogen) atoms. The summed E-state index contributed by atoms with van der Waals surface area (Å²) in [5.74, 6) is 0.555. The van der Waals surface area contributed by atoms with E-state index >= 15 is 0 Å². The fourth-order valence-electron chi connectivity index (χ4n) is 2.55. The molecule has 0 aliphatic carbocycles. The van der Waals surface area contributed by atoms with Crippen molar-refractivity contribution in [1.82, 2.24) is 9.62 Å². The molecule has 2 N–H and O–H groups in total. The molecule has 0 heterocycles. The molecule has 0 aliphatic rings. The number of nitrogens with zero attached hydrogens (tertiary/aromatic N) is 1. The first-order valence-corrected chi connectivity index (χ1v) is 11.0. The van der Waals surface area contributed by atoms with E-state index in [9.17, 15) is 18.3 Å². The second-order valence-electron chi connectivity index (χ2n) is 6.60. The third kappa shape index (κ3) is 6.01. The lowest BCUT2D eigenvalue weighted by atomic mass is 10.2. The zero-order valence-corrected chi connectivity index (χ0v) is 19.2. The Morgan fingerprint density at radius 2 is 1.77 bits per heavy atom. The molecule has 0 spiro atoms. The van der Waals surface area contributed by atoms with Crippen LogP contribution in [0.25, 0.3) is 0 Å². The van der Waals surface area contributed by atoms with Crippen molar-refractivity contribution in [3.8, 4) is 17.2 Å². The molecule has 11 heteroatoms. The first-order chi connectivity index (χ1) is 14.6. The van der Waals surface area contributed by atoms with E-state index in [1.807, 2.05) is 0 Å². The Labute approximate surface area is 186 Å². The fourth-order valence-corrected chi connectivity index (χ4v) is 3.69. The predicted octanol–water partition coefficient (Wildman–Crippen LogP) is 1.78. The largest absolute Gasteiger partial charge is 0.493 e. The molecule has 0 fully saturated rings. The lowest BCUT2D eigenvalue weighted by molar-refractivity contribution is 0.0833. The minimum absolute atomic E-state index is 0.0240. The number of rotatable bonds is 10. The second kappa shape index (κ2) is 10.7. The van der Waals surface area contributed by atoms with Crippen molar-refractivity contribution in [2.45, 2.75) is 11.0 Å². The van der Waals surface area contributed by atoms with Crippen molar-refractivity contribution < 1.29 is 32.5 Å². The minimum atomic E-state index is -3.73. The monoisotopic (exact) mass is 472 g/mol. The van der Waals surface area contributed by atoms with Gasteiger partial charge in [-0.3, -0.25) is 4.79 Å². The number of amides is 1. The van der Waals surface area contributed by atoms with E-state index in [1.54, 1.807) is 18.2 Å². The molecular weight excluding hydrogens is 448 g/mol. The third-order valence-electron chi connectivity index (χ3n) is 4.26. The summed E-state index contributed by atoms with van der Waals surface area (Å²) >= 11 is 6.06. The van der Waals surface area contributed by atoms with Crippen LogP contribution in [0.2, 0.25) is 5.02 Å². The van der Waals surface area contributed by atoms with Gasteiger partial charge < -0.3 is 24.6 Å². The molecule has 1 atom stereocenters. The molecule has 0 bridgehead atoms. The van der Waals surface area contributed by atoms with Gasteiger partial charge in [0.25, 0.3) is 5.91 Å². The smallest absolute Gasteiger partial charge is 0.252 e. The van der Waals surface area contributed by atoms with Crippen LogP contribution in [-0.2, 0) is 10.0 Å². The highest BCUT2D eigenvalue weighted by atomic mass is 35.5. The highest BCUT2D eigenvalue weighted by Gasteiger charge is 2.21. The number of nitrogens with one attached hydrogen (secondary N) is 1. The summed E-state index contributed by atoms with van der Waals surface area (Å²) < 4.78 is 41.6. The van der Waals surface area contributed by atoms with E-state index in [2.05, 4.69) is 5.32 Å². The summed E-state index contributed by atoms with van der Waals surface area (Å²) in [5.41, 5.74) is -0.0240. The van der Waals surface area contributed by atoms with Gasteiger partial charge in [0, 0.05) is 20.6 Å². The van der Waals surface area contributed by atoms with E-state index in [-0.39, 0.29) is 28.6 Å². The van der Waals surface area contributed by atoms with Crippen LogP contribution >= 0.6 is 11.6 Å². The van der Waals surface area contributed by atoms with E-state index in [0.29, 0.717) is 17.2 Å². The molecule has 0 saturated heterocycles. The van der Waals surface area contributed by atoms with Crippen molar-refractivity contribution >= 4 is 27.5 Å². The topological polar surface area (TPSA) is 114 Å². The third-order valence-corrected chi connectivity index (χ3v) is 6.40. The normalized spacial score (nSPS) is 12.4. The van der Waals surface area contributed by atoms with Crippen LogP contribution < -0.4 is 19.5 Å². The highest BCUT2D eigenvalue weighted by molar-refractivity contribution is 7.89. The van der Waals surface area contributed by atoms with Crippen molar-refractivity contribution in [3.63, 3.8) is 0 Å². The zero-order valence-electron chi connectivity index (χ0n) is 17.6. The Kier molecular flexibility index (Phi) is 8.52. The SMILES string of the molecule is COc1cccc(OC)c1OCC(O)CNC(=O)c1cc(S(=O)(=O)N(C)C)ccc1Cl. The van der Waals surface area contributed by atoms with Crippen LogP contribution in [0.1, 0.15) is 10.4 Å². The van der Waals surface area contributed by atoms with Crippen LogP contribution in [0.15, 0.2) is 41.3 Å². The van der Waals surface area contributed by atoms with Gasteiger partial charge in [-0.25, -0.2) is 12.7 Å². The maximum absolute atomic E-state index is 12.5. The Morgan fingerprint density at radius 3 is 2.32 bits per heavy atom. The van der Waals surface area contributed by atoms with Crippen LogP contribution in [0.3, 0.4) is 0 Å². The van der Waals surface area contributed by atoms with Gasteiger partial charge in [-0.05, 0) is 30.3 Å². The number of carbonyl (C=O) groups is 1. The lowest BCUT2D eigenvalue weighted by Gasteiger charge is -2.17. The van der Waals surface area contributed by atoms with Crippen molar-refractivity contribution in [2.75, 3.05) is 41.5 Å². The molecule has 2 aromatic rings. The number of para-hydroxylation sites is 1. The molecule has 1 unspecified atom stereocenters. The van der Waals surface area contributed by atoms with Gasteiger partial charge in [0.2, 0.25) is 15.8 Å². The maximum Gasteiger partial charge on any atom is 0.252 e. The first-order valence-electron chi connectivity index (χ1n) is 9.14. The Morgan fingerprint density at radius 1 is 1.16 bits per heavy atom. The highest BCUT2D eigenvalue weighted by Crippen LogP contribution is 2.36. The molecule has 2 rings (SSSR count).